The number of likely N-dealkylation sites (N-methyl/N-ethyl adjacent to an activating group) is 1. The number of hydroxylamine groups is 2. The fourth-order valence-corrected chi connectivity index (χ4v) is 6.72. The number of nitrogens with zero attached hydrogens (tertiary/aromatic N) is 3. The highest BCUT2D eigenvalue weighted by Crippen LogP contribution is 2.40. The summed E-state index contributed by atoms with van der Waals surface area (Å²) in [5.74, 6) is -0.985. The van der Waals surface area contributed by atoms with Gasteiger partial charge in [-0.05, 0) is 41.9 Å². The summed E-state index contributed by atoms with van der Waals surface area (Å²) in [6.07, 6.45) is 7.55. The molecule has 4 aromatic rings. The van der Waals surface area contributed by atoms with Gasteiger partial charge >= 0.3 is 0 Å². The van der Waals surface area contributed by atoms with Crippen LogP contribution < -0.4 is 10.6 Å². The number of imidazole rings is 1. The van der Waals surface area contributed by atoms with E-state index in [4.69, 9.17) is 9.82 Å². The number of nitrogens with one attached hydrogen (secondary N) is 2. The Morgan fingerprint density at radius 1 is 0.780 bits per heavy atom. The minimum Gasteiger partial charge on any atom is -0.344 e. The summed E-state index contributed by atoms with van der Waals surface area (Å²) in [6, 6.07) is 29.0. The van der Waals surface area contributed by atoms with Crippen LogP contribution in [0.1, 0.15) is 82.2 Å². The molecule has 0 bridgehead atoms. The first kappa shape index (κ1) is 38.0. The van der Waals surface area contributed by atoms with Crippen molar-refractivity contribution >= 4 is 17.7 Å². The molecule has 0 saturated heterocycles. The zero-order chi connectivity index (χ0) is 36.1. The second-order valence-corrected chi connectivity index (χ2v) is 13.3. The molecule has 0 aliphatic rings. The van der Waals surface area contributed by atoms with Gasteiger partial charge in [0.1, 0.15) is 17.6 Å². The fourth-order valence-electron chi connectivity index (χ4n) is 6.72. The summed E-state index contributed by atoms with van der Waals surface area (Å²) in [4.78, 5) is 51.0. The molecule has 266 valence electrons. The Balaban J connectivity index is 1.72. The number of rotatable bonds is 18. The monoisotopic (exact) mass is 679 g/mol. The molecule has 0 spiro atoms. The van der Waals surface area contributed by atoms with Crippen molar-refractivity contribution in [1.29, 1.82) is 0 Å². The van der Waals surface area contributed by atoms with Gasteiger partial charge in [0, 0.05) is 25.6 Å². The van der Waals surface area contributed by atoms with E-state index in [2.05, 4.69) is 65.4 Å². The molecule has 4 rings (SSSR count). The molecule has 0 fully saturated rings. The molecule has 3 aromatic carbocycles. The lowest BCUT2D eigenvalue weighted by Gasteiger charge is -2.37. The van der Waals surface area contributed by atoms with Gasteiger partial charge in [-0.2, -0.15) is 0 Å². The lowest BCUT2D eigenvalue weighted by Crippen LogP contribution is -2.55. The number of hydrogen-bond donors (Lipinski definition) is 2. The Morgan fingerprint density at radius 3 is 1.70 bits per heavy atom. The first-order valence-electron chi connectivity index (χ1n) is 17.8. The Hall–Kier alpha value is -4.76. The number of amides is 3. The Bertz CT molecular complexity index is 1540. The predicted octanol–water partition coefficient (Wildman–Crippen LogP) is 6.52. The number of aromatic nitrogens is 2. The van der Waals surface area contributed by atoms with Gasteiger partial charge in [0.15, 0.2) is 0 Å². The second-order valence-electron chi connectivity index (χ2n) is 13.3. The molecule has 1 aromatic heterocycles. The molecule has 2 atom stereocenters. The molecule has 0 aliphatic carbocycles. The first-order valence-corrected chi connectivity index (χ1v) is 17.8. The zero-order valence-corrected chi connectivity index (χ0v) is 30.3. The van der Waals surface area contributed by atoms with Crippen molar-refractivity contribution in [1.82, 2.24) is 25.2 Å². The van der Waals surface area contributed by atoms with Crippen LogP contribution in [0.4, 0.5) is 0 Å². The largest absolute Gasteiger partial charge is 0.344 e. The first-order chi connectivity index (χ1) is 24.1. The highest BCUT2D eigenvalue weighted by atomic mass is 16.7. The highest BCUT2D eigenvalue weighted by molar-refractivity contribution is 5.92. The van der Waals surface area contributed by atoms with Crippen molar-refractivity contribution in [3.8, 4) is 0 Å². The summed E-state index contributed by atoms with van der Waals surface area (Å²) >= 11 is 0. The van der Waals surface area contributed by atoms with Gasteiger partial charge in [0.05, 0.1) is 19.1 Å². The average molecular weight is 680 g/mol. The maximum absolute atomic E-state index is 13.9. The van der Waals surface area contributed by atoms with Gasteiger partial charge in [0.25, 0.3) is 5.91 Å². The smallest absolute Gasteiger partial charge is 0.268 e. The molecule has 50 heavy (non-hydrogen) atoms. The predicted molar refractivity (Wildman–Crippen MR) is 197 cm³/mol. The molecule has 2 N–H and O–H groups in total. The van der Waals surface area contributed by atoms with E-state index in [-0.39, 0.29) is 24.2 Å². The van der Waals surface area contributed by atoms with Crippen molar-refractivity contribution in [3.05, 3.63) is 126 Å². The van der Waals surface area contributed by atoms with E-state index < -0.39 is 29.4 Å². The normalized spacial score (nSPS) is 12.8. The Kier molecular flexibility index (Phi) is 13.9. The molecular formula is C41H53N5O4. The van der Waals surface area contributed by atoms with Crippen LogP contribution in [-0.4, -0.2) is 58.6 Å². The van der Waals surface area contributed by atoms with E-state index in [9.17, 15) is 14.4 Å². The third-order valence-electron chi connectivity index (χ3n) is 9.20. The topological polar surface area (TPSA) is 106 Å². The third kappa shape index (κ3) is 9.07. The van der Waals surface area contributed by atoms with Crippen molar-refractivity contribution in [2.75, 3.05) is 14.2 Å². The van der Waals surface area contributed by atoms with Crippen LogP contribution in [0, 0.1) is 11.8 Å². The van der Waals surface area contributed by atoms with Crippen molar-refractivity contribution in [2.45, 2.75) is 83.8 Å². The number of carbonyl (C=O) groups excluding carboxylic acids is 3. The summed E-state index contributed by atoms with van der Waals surface area (Å²) in [5, 5.41) is 7.09. The van der Waals surface area contributed by atoms with Gasteiger partial charge in [-0.1, -0.05) is 132 Å². The van der Waals surface area contributed by atoms with E-state index >= 15 is 0 Å². The van der Waals surface area contributed by atoms with Crippen LogP contribution in [0.25, 0.3) is 0 Å². The molecule has 0 radical (unpaired) electrons. The van der Waals surface area contributed by atoms with Gasteiger partial charge in [0.2, 0.25) is 11.8 Å². The quantitative estimate of drug-likeness (QED) is 0.0921. The van der Waals surface area contributed by atoms with Crippen LogP contribution in [0.5, 0.6) is 0 Å². The van der Waals surface area contributed by atoms with E-state index in [0.29, 0.717) is 12.1 Å². The molecule has 0 unspecified atom stereocenters. The van der Waals surface area contributed by atoms with Gasteiger partial charge in [-0.15, -0.1) is 0 Å². The summed E-state index contributed by atoms with van der Waals surface area (Å²) < 4.78 is 2.08. The molecule has 0 aliphatic heterocycles. The molecule has 3 amide bonds. The van der Waals surface area contributed by atoms with Gasteiger partial charge in [-0.25, -0.2) is 10.0 Å². The van der Waals surface area contributed by atoms with E-state index in [1.165, 1.54) is 14.2 Å². The maximum Gasteiger partial charge on any atom is 0.268 e. The number of hydrogen-bond acceptors (Lipinski definition) is 5. The fraction of sp³-hybridized carbons (Fsp3) is 0.415. The minimum atomic E-state index is -0.996. The van der Waals surface area contributed by atoms with Crippen LogP contribution in [0.3, 0.4) is 0 Å². The van der Waals surface area contributed by atoms with E-state index in [1.54, 1.807) is 6.33 Å². The van der Waals surface area contributed by atoms with E-state index in [1.807, 2.05) is 74.6 Å². The van der Waals surface area contributed by atoms with Crippen LogP contribution in [0.15, 0.2) is 104 Å². The molecular weight excluding hydrogens is 626 g/mol. The zero-order valence-electron chi connectivity index (χ0n) is 30.3. The average Bonchev–Trinajstić information content (AvgIpc) is 3.60. The van der Waals surface area contributed by atoms with E-state index in [0.717, 1.165) is 47.4 Å². The van der Waals surface area contributed by atoms with Crippen LogP contribution in [-0.2, 0) is 31.2 Å². The summed E-state index contributed by atoms with van der Waals surface area (Å²) in [5.41, 5.74) is 2.95. The lowest BCUT2D eigenvalue weighted by atomic mass is 9.77. The molecule has 0 saturated carbocycles. The van der Waals surface area contributed by atoms with Crippen molar-refractivity contribution in [2.24, 2.45) is 11.8 Å². The molecule has 9 nitrogen and oxygen atoms in total. The van der Waals surface area contributed by atoms with Gasteiger partial charge in [-0.3, -0.25) is 19.2 Å². The maximum atomic E-state index is 13.9. The standard InChI is InChI=1S/C41H53N5O4/c1-7-18-31(19-8-2)38(47)43-36(26-30(3)4)39(48)44-37(40(49)45(5)50-6)27-35-28-46(29-42-35)41(32-20-12-9-13-21-32,33-22-14-10-15-23-33)34-24-16-11-17-25-34/h9-17,20-25,28-31,36-37H,7-8,18-19,26-27H2,1-6H3,(H,43,47)(H,44,48)/t36-,37-/m0/s1. The SMILES string of the molecule is CCCC(CCC)C(=O)N[C@@H](CC(C)C)C(=O)N[C@@H](Cc1cn(C(c2ccccc2)(c2ccccc2)c2ccccc2)cn1)C(=O)N(C)OC. The third-order valence-corrected chi connectivity index (χ3v) is 9.20. The summed E-state index contributed by atoms with van der Waals surface area (Å²) in [7, 11) is 2.92. The molecule has 9 heteroatoms. The summed E-state index contributed by atoms with van der Waals surface area (Å²) in [6.45, 7) is 8.13. The van der Waals surface area contributed by atoms with Crippen LogP contribution in [0.2, 0.25) is 0 Å². The highest BCUT2D eigenvalue weighted by Gasteiger charge is 2.39. The Morgan fingerprint density at radius 2 is 1.26 bits per heavy atom. The van der Waals surface area contributed by atoms with Crippen molar-refractivity contribution in [3.63, 3.8) is 0 Å². The number of benzene rings is 3. The van der Waals surface area contributed by atoms with Crippen molar-refractivity contribution < 1.29 is 19.2 Å². The minimum absolute atomic E-state index is 0.108. The van der Waals surface area contributed by atoms with Crippen LogP contribution >= 0.6 is 0 Å². The molecule has 1 heterocycles. The second kappa shape index (κ2) is 18.3. The van der Waals surface area contributed by atoms with Gasteiger partial charge < -0.3 is 15.2 Å². The lowest BCUT2D eigenvalue weighted by molar-refractivity contribution is -0.171. The Labute approximate surface area is 297 Å². The number of carbonyl (C=O) groups is 3.